The van der Waals surface area contributed by atoms with Gasteiger partial charge in [-0.2, -0.15) is 4.98 Å². The van der Waals surface area contributed by atoms with Gasteiger partial charge in [0.1, 0.15) is 6.20 Å². The van der Waals surface area contributed by atoms with Crippen molar-refractivity contribution in [3.05, 3.63) is 16.3 Å². The van der Waals surface area contributed by atoms with Crippen LogP contribution in [-0.2, 0) is 4.79 Å². The Morgan fingerprint density at radius 3 is 2.70 bits per heavy atom. The van der Waals surface area contributed by atoms with Crippen LogP contribution in [0.3, 0.4) is 0 Å². The molecule has 0 aliphatic heterocycles. The third-order valence-corrected chi connectivity index (χ3v) is 2.56. The van der Waals surface area contributed by atoms with Crippen molar-refractivity contribution in [1.82, 2.24) is 15.3 Å². The minimum Gasteiger partial charge on any atom is -0.357 e. The molecule has 9 heteroatoms. The highest BCUT2D eigenvalue weighted by molar-refractivity contribution is 5.81. The molecule has 0 aliphatic rings. The zero-order chi connectivity index (χ0) is 15.1. The molecule has 1 amide bonds. The average molecular weight is 282 g/mol. The van der Waals surface area contributed by atoms with E-state index in [1.807, 2.05) is 0 Å². The first-order valence-corrected chi connectivity index (χ1v) is 6.24. The summed E-state index contributed by atoms with van der Waals surface area (Å²) in [6, 6.07) is 0. The fraction of sp³-hybridized carbons (Fsp3) is 0.545. The summed E-state index contributed by atoms with van der Waals surface area (Å²) in [7, 11) is 1.62. The molecule has 20 heavy (non-hydrogen) atoms. The first kappa shape index (κ1) is 15.6. The second-order valence-electron chi connectivity index (χ2n) is 3.88. The maximum absolute atomic E-state index is 11.6. The predicted molar refractivity (Wildman–Crippen MR) is 74.8 cm³/mol. The minimum absolute atomic E-state index is 0.00531. The van der Waals surface area contributed by atoms with E-state index in [9.17, 15) is 14.9 Å². The van der Waals surface area contributed by atoms with Gasteiger partial charge in [0.25, 0.3) is 0 Å². The third-order valence-electron chi connectivity index (χ3n) is 2.56. The zero-order valence-corrected chi connectivity index (χ0v) is 11.7. The van der Waals surface area contributed by atoms with Gasteiger partial charge in [-0.1, -0.05) is 0 Å². The maximum Gasteiger partial charge on any atom is 0.329 e. The van der Waals surface area contributed by atoms with E-state index in [2.05, 4.69) is 20.6 Å². The maximum atomic E-state index is 11.6. The Kier molecular flexibility index (Phi) is 5.63. The van der Waals surface area contributed by atoms with E-state index in [4.69, 9.17) is 0 Å². The number of anilines is 2. The lowest BCUT2D eigenvalue weighted by molar-refractivity contribution is -0.384. The number of likely N-dealkylation sites (N-methyl/N-ethyl adjacent to an activating group) is 2. The van der Waals surface area contributed by atoms with Crippen LogP contribution in [-0.4, -0.2) is 47.5 Å². The standard InChI is InChI=1S/C11H18N6O3/c1-4-13-9(18)7-16(5-2)10-8(17(19)20)6-14-11(12-3)15-10/h6H,4-5,7H2,1-3H3,(H,13,18)(H,12,14,15). The molecule has 0 spiro atoms. The van der Waals surface area contributed by atoms with Crippen molar-refractivity contribution in [3.8, 4) is 0 Å². The van der Waals surface area contributed by atoms with Crippen LogP contribution in [0.25, 0.3) is 0 Å². The highest BCUT2D eigenvalue weighted by atomic mass is 16.6. The van der Waals surface area contributed by atoms with Gasteiger partial charge in [0.2, 0.25) is 17.7 Å². The Hall–Kier alpha value is -2.45. The van der Waals surface area contributed by atoms with Crippen molar-refractivity contribution in [3.63, 3.8) is 0 Å². The molecule has 0 aromatic carbocycles. The van der Waals surface area contributed by atoms with Gasteiger partial charge < -0.3 is 15.5 Å². The monoisotopic (exact) mass is 282 g/mol. The summed E-state index contributed by atoms with van der Waals surface area (Å²) in [5.74, 6) is 0.177. The Bertz CT molecular complexity index is 493. The number of hydrogen-bond donors (Lipinski definition) is 2. The topological polar surface area (TPSA) is 113 Å². The van der Waals surface area contributed by atoms with E-state index in [1.54, 1.807) is 20.9 Å². The molecule has 0 bridgehead atoms. The van der Waals surface area contributed by atoms with Gasteiger partial charge in [-0.15, -0.1) is 0 Å². The lowest BCUT2D eigenvalue weighted by Gasteiger charge is -2.21. The molecule has 0 unspecified atom stereocenters. The first-order valence-electron chi connectivity index (χ1n) is 6.24. The summed E-state index contributed by atoms with van der Waals surface area (Å²) in [5, 5.41) is 16.4. The zero-order valence-electron chi connectivity index (χ0n) is 11.7. The SMILES string of the molecule is CCNC(=O)CN(CC)c1nc(NC)ncc1[N+](=O)[O-]. The number of amides is 1. The number of nitrogens with zero attached hydrogens (tertiary/aromatic N) is 4. The fourth-order valence-electron chi connectivity index (χ4n) is 1.61. The largest absolute Gasteiger partial charge is 0.357 e. The summed E-state index contributed by atoms with van der Waals surface area (Å²) in [5.41, 5.74) is -0.227. The van der Waals surface area contributed by atoms with Gasteiger partial charge in [0, 0.05) is 20.1 Å². The fourth-order valence-corrected chi connectivity index (χ4v) is 1.61. The number of carbonyl (C=O) groups is 1. The molecule has 1 aromatic rings. The minimum atomic E-state index is -0.560. The van der Waals surface area contributed by atoms with Crippen molar-refractivity contribution in [1.29, 1.82) is 0 Å². The lowest BCUT2D eigenvalue weighted by Crippen LogP contribution is -2.37. The number of carbonyl (C=O) groups excluding carboxylic acids is 1. The van der Waals surface area contributed by atoms with Crippen molar-refractivity contribution < 1.29 is 9.72 Å². The van der Waals surface area contributed by atoms with Gasteiger partial charge in [0.05, 0.1) is 11.5 Å². The van der Waals surface area contributed by atoms with E-state index in [1.165, 1.54) is 4.90 Å². The second kappa shape index (κ2) is 7.22. The van der Waals surface area contributed by atoms with Gasteiger partial charge in [-0.25, -0.2) is 4.98 Å². The van der Waals surface area contributed by atoms with Crippen molar-refractivity contribution in [2.24, 2.45) is 0 Å². The van der Waals surface area contributed by atoms with Crippen LogP contribution in [0.5, 0.6) is 0 Å². The van der Waals surface area contributed by atoms with Crippen molar-refractivity contribution in [2.75, 3.05) is 36.9 Å². The van der Waals surface area contributed by atoms with E-state index < -0.39 is 4.92 Å². The van der Waals surface area contributed by atoms with Gasteiger partial charge >= 0.3 is 5.69 Å². The van der Waals surface area contributed by atoms with E-state index in [0.29, 0.717) is 13.1 Å². The van der Waals surface area contributed by atoms with Crippen LogP contribution in [0, 0.1) is 10.1 Å². The molecule has 0 radical (unpaired) electrons. The highest BCUT2D eigenvalue weighted by Crippen LogP contribution is 2.25. The van der Waals surface area contributed by atoms with Gasteiger partial charge in [-0.3, -0.25) is 14.9 Å². The van der Waals surface area contributed by atoms with Crippen molar-refractivity contribution >= 4 is 23.4 Å². The third kappa shape index (κ3) is 3.77. The van der Waals surface area contributed by atoms with Gasteiger partial charge in [-0.05, 0) is 13.8 Å². The summed E-state index contributed by atoms with van der Waals surface area (Å²) in [4.78, 5) is 31.5. The molecule has 0 saturated heterocycles. The number of nitro groups is 1. The van der Waals surface area contributed by atoms with Gasteiger partial charge in [0.15, 0.2) is 0 Å². The molecular formula is C11H18N6O3. The molecule has 0 saturated carbocycles. The molecule has 0 fully saturated rings. The average Bonchev–Trinajstić information content (AvgIpc) is 2.44. The molecule has 1 aromatic heterocycles. The van der Waals surface area contributed by atoms with Crippen LogP contribution >= 0.6 is 0 Å². The number of aromatic nitrogens is 2. The number of rotatable bonds is 7. The van der Waals surface area contributed by atoms with E-state index in [-0.39, 0.29) is 29.9 Å². The summed E-state index contributed by atoms with van der Waals surface area (Å²) in [6.07, 6.45) is 1.13. The second-order valence-corrected chi connectivity index (χ2v) is 3.88. The summed E-state index contributed by atoms with van der Waals surface area (Å²) < 4.78 is 0. The van der Waals surface area contributed by atoms with E-state index >= 15 is 0 Å². The van der Waals surface area contributed by atoms with E-state index in [0.717, 1.165) is 6.20 Å². The lowest BCUT2D eigenvalue weighted by atomic mass is 10.4. The molecule has 9 nitrogen and oxygen atoms in total. The van der Waals surface area contributed by atoms with Crippen LogP contribution < -0.4 is 15.5 Å². The number of hydrogen-bond acceptors (Lipinski definition) is 7. The smallest absolute Gasteiger partial charge is 0.329 e. The van der Waals surface area contributed by atoms with Crippen LogP contribution in [0.1, 0.15) is 13.8 Å². The molecular weight excluding hydrogens is 264 g/mol. The molecule has 0 atom stereocenters. The Labute approximate surface area is 116 Å². The first-order chi connectivity index (χ1) is 9.53. The Morgan fingerprint density at radius 2 is 2.20 bits per heavy atom. The molecule has 2 N–H and O–H groups in total. The van der Waals surface area contributed by atoms with Crippen LogP contribution in [0.15, 0.2) is 6.20 Å². The normalized spacial score (nSPS) is 9.95. The molecule has 0 aliphatic carbocycles. The van der Waals surface area contributed by atoms with Crippen LogP contribution in [0.4, 0.5) is 17.5 Å². The molecule has 1 heterocycles. The molecule has 1 rings (SSSR count). The molecule has 110 valence electrons. The Morgan fingerprint density at radius 1 is 1.50 bits per heavy atom. The highest BCUT2D eigenvalue weighted by Gasteiger charge is 2.23. The number of nitrogens with one attached hydrogen (secondary N) is 2. The quantitative estimate of drug-likeness (QED) is 0.549. The summed E-state index contributed by atoms with van der Waals surface area (Å²) >= 11 is 0. The van der Waals surface area contributed by atoms with Crippen LogP contribution in [0.2, 0.25) is 0 Å². The predicted octanol–water partition coefficient (Wildman–Crippen LogP) is 0.389. The van der Waals surface area contributed by atoms with Crippen molar-refractivity contribution in [2.45, 2.75) is 13.8 Å². The summed E-state index contributed by atoms with van der Waals surface area (Å²) in [6.45, 7) is 4.53. The Balaban J connectivity index is 3.11.